The molecule has 0 radical (unpaired) electrons. The van der Waals surface area contributed by atoms with Crippen molar-refractivity contribution in [1.29, 1.82) is 0 Å². The van der Waals surface area contributed by atoms with Gasteiger partial charge in [-0.1, -0.05) is 20.3 Å². The van der Waals surface area contributed by atoms with Crippen molar-refractivity contribution < 1.29 is 24.3 Å². The Morgan fingerprint density at radius 1 is 1.03 bits per heavy atom. The number of aromatic amines is 1. The van der Waals surface area contributed by atoms with Crippen LogP contribution in [0.25, 0.3) is 0 Å². The normalized spacial score (nSPS) is 14.7. The molecule has 0 bridgehead atoms. The number of carbonyl (C=O) groups is 4. The van der Waals surface area contributed by atoms with E-state index in [0.717, 1.165) is 6.42 Å². The molecular formula is C21H37N7O5. The number of aliphatic carboxylic acids is 1. The van der Waals surface area contributed by atoms with Crippen LogP contribution < -0.4 is 27.4 Å². The van der Waals surface area contributed by atoms with E-state index in [0.29, 0.717) is 25.1 Å². The first kappa shape index (κ1) is 28.0. The van der Waals surface area contributed by atoms with Crippen LogP contribution in [-0.4, -0.2) is 69.5 Å². The molecule has 1 aromatic heterocycles. The van der Waals surface area contributed by atoms with Crippen LogP contribution in [0, 0.1) is 5.92 Å². The molecule has 0 fully saturated rings. The van der Waals surface area contributed by atoms with Crippen molar-refractivity contribution in [3.63, 3.8) is 0 Å². The Kier molecular flexibility index (Phi) is 12.1. The van der Waals surface area contributed by atoms with Crippen LogP contribution in [0.5, 0.6) is 0 Å². The highest BCUT2D eigenvalue weighted by Crippen LogP contribution is 2.06. The van der Waals surface area contributed by atoms with Gasteiger partial charge < -0.3 is 37.5 Å². The van der Waals surface area contributed by atoms with Crippen molar-refractivity contribution >= 4 is 23.7 Å². The van der Waals surface area contributed by atoms with Gasteiger partial charge in [0, 0.05) is 18.3 Å². The first-order valence-electron chi connectivity index (χ1n) is 11.1. The highest BCUT2D eigenvalue weighted by Gasteiger charge is 2.29. The topological polar surface area (TPSA) is 205 Å². The number of hydrogen-bond acceptors (Lipinski definition) is 7. The average Bonchev–Trinajstić information content (AvgIpc) is 3.25. The summed E-state index contributed by atoms with van der Waals surface area (Å²) in [4.78, 5) is 56.0. The molecule has 0 saturated carbocycles. The molecular weight excluding hydrogens is 430 g/mol. The quantitative estimate of drug-likeness (QED) is 0.159. The lowest BCUT2D eigenvalue weighted by molar-refractivity contribution is -0.142. The van der Waals surface area contributed by atoms with Crippen LogP contribution >= 0.6 is 0 Å². The van der Waals surface area contributed by atoms with Gasteiger partial charge in [-0.15, -0.1) is 0 Å². The standard InChI is InChI=1S/C21H37N7O5/c1-12(2)8-17(21(32)33)28-18(29)13(3)26-20(31)16(9-14-10-24-11-25-14)27-19(30)15(23)6-4-5-7-22/h10-13,15-17H,4-9,22-23H2,1-3H3,(H,24,25)(H,26,31)(H,27,30)(H,28,29)(H,32,33). The minimum Gasteiger partial charge on any atom is -0.480 e. The largest absolute Gasteiger partial charge is 0.480 e. The number of nitrogens with one attached hydrogen (secondary N) is 4. The summed E-state index contributed by atoms with van der Waals surface area (Å²) in [7, 11) is 0. The van der Waals surface area contributed by atoms with Crippen LogP contribution in [0.3, 0.4) is 0 Å². The summed E-state index contributed by atoms with van der Waals surface area (Å²) in [6.45, 7) is 5.63. The van der Waals surface area contributed by atoms with E-state index in [4.69, 9.17) is 11.5 Å². The van der Waals surface area contributed by atoms with E-state index in [1.54, 1.807) is 0 Å². The van der Waals surface area contributed by atoms with E-state index in [-0.39, 0.29) is 18.8 Å². The van der Waals surface area contributed by atoms with E-state index in [1.807, 2.05) is 13.8 Å². The number of carboxylic acids is 1. The average molecular weight is 468 g/mol. The number of nitrogens with two attached hydrogens (primary N) is 2. The lowest BCUT2D eigenvalue weighted by atomic mass is 10.0. The summed E-state index contributed by atoms with van der Waals surface area (Å²) in [5, 5.41) is 16.9. The number of aromatic nitrogens is 2. The Hall–Kier alpha value is -2.99. The third kappa shape index (κ3) is 10.4. The molecule has 12 heteroatoms. The third-order valence-corrected chi connectivity index (χ3v) is 4.99. The van der Waals surface area contributed by atoms with Crippen LogP contribution in [0.15, 0.2) is 12.5 Å². The highest BCUT2D eigenvalue weighted by atomic mass is 16.4. The van der Waals surface area contributed by atoms with E-state index in [9.17, 15) is 24.3 Å². The molecule has 0 aliphatic carbocycles. The van der Waals surface area contributed by atoms with Gasteiger partial charge in [0.2, 0.25) is 17.7 Å². The number of hydrogen-bond donors (Lipinski definition) is 7. The van der Waals surface area contributed by atoms with Crippen molar-refractivity contribution in [2.45, 2.75) is 77.0 Å². The van der Waals surface area contributed by atoms with Crippen molar-refractivity contribution in [2.75, 3.05) is 6.54 Å². The maximum absolute atomic E-state index is 12.9. The summed E-state index contributed by atoms with van der Waals surface area (Å²) in [5.74, 6) is -2.83. The Labute approximate surface area is 193 Å². The molecule has 0 saturated heterocycles. The molecule has 4 unspecified atom stereocenters. The molecule has 12 nitrogen and oxygen atoms in total. The van der Waals surface area contributed by atoms with Gasteiger partial charge in [0.25, 0.3) is 0 Å². The zero-order valence-corrected chi connectivity index (χ0v) is 19.5. The second-order valence-corrected chi connectivity index (χ2v) is 8.49. The smallest absolute Gasteiger partial charge is 0.326 e. The fraction of sp³-hybridized carbons (Fsp3) is 0.667. The summed E-state index contributed by atoms with van der Waals surface area (Å²) in [6, 6.07) is -3.91. The van der Waals surface area contributed by atoms with E-state index >= 15 is 0 Å². The fourth-order valence-electron chi connectivity index (χ4n) is 3.11. The summed E-state index contributed by atoms with van der Waals surface area (Å²) in [5.41, 5.74) is 12.0. The van der Waals surface area contributed by atoms with Crippen molar-refractivity contribution in [3.05, 3.63) is 18.2 Å². The second-order valence-electron chi connectivity index (χ2n) is 8.49. The van der Waals surface area contributed by atoms with Crippen molar-refractivity contribution in [2.24, 2.45) is 17.4 Å². The molecule has 1 rings (SSSR count). The van der Waals surface area contributed by atoms with Crippen LogP contribution in [0.4, 0.5) is 0 Å². The Balaban J connectivity index is 2.80. The molecule has 3 amide bonds. The van der Waals surface area contributed by atoms with Crippen molar-refractivity contribution in [1.82, 2.24) is 25.9 Å². The molecule has 0 aliphatic heterocycles. The van der Waals surface area contributed by atoms with E-state index < -0.39 is 47.9 Å². The number of amides is 3. The highest BCUT2D eigenvalue weighted by molar-refractivity contribution is 5.94. The van der Waals surface area contributed by atoms with Gasteiger partial charge in [-0.3, -0.25) is 14.4 Å². The van der Waals surface area contributed by atoms with Gasteiger partial charge in [-0.05, 0) is 38.6 Å². The third-order valence-electron chi connectivity index (χ3n) is 4.99. The maximum Gasteiger partial charge on any atom is 0.326 e. The van der Waals surface area contributed by atoms with E-state index in [2.05, 4.69) is 25.9 Å². The van der Waals surface area contributed by atoms with Crippen LogP contribution in [-0.2, 0) is 25.6 Å². The number of rotatable bonds is 15. The minimum absolute atomic E-state index is 0.0550. The Morgan fingerprint density at radius 2 is 1.70 bits per heavy atom. The zero-order valence-electron chi connectivity index (χ0n) is 19.5. The summed E-state index contributed by atoms with van der Waals surface area (Å²) in [6.07, 6.45) is 5.16. The van der Waals surface area contributed by atoms with Gasteiger partial charge in [-0.2, -0.15) is 0 Å². The first-order valence-corrected chi connectivity index (χ1v) is 11.1. The monoisotopic (exact) mass is 467 g/mol. The SMILES string of the molecule is CC(C)CC(NC(=O)C(C)NC(=O)C(Cc1cnc[nH]1)NC(=O)C(N)CCCCN)C(=O)O. The van der Waals surface area contributed by atoms with E-state index in [1.165, 1.54) is 19.4 Å². The van der Waals surface area contributed by atoms with Crippen molar-refractivity contribution in [3.8, 4) is 0 Å². The lowest BCUT2D eigenvalue weighted by Crippen LogP contribution is -2.57. The predicted octanol–water partition coefficient (Wildman–Crippen LogP) is -0.986. The number of nitrogens with zero attached hydrogens (tertiary/aromatic N) is 1. The Morgan fingerprint density at radius 3 is 2.24 bits per heavy atom. The van der Waals surface area contributed by atoms with Crippen LogP contribution in [0.2, 0.25) is 0 Å². The number of H-pyrrole nitrogens is 1. The molecule has 1 aromatic rings. The molecule has 0 spiro atoms. The first-order chi connectivity index (χ1) is 15.5. The lowest BCUT2D eigenvalue weighted by Gasteiger charge is -2.23. The maximum atomic E-state index is 12.9. The molecule has 1 heterocycles. The van der Waals surface area contributed by atoms with Gasteiger partial charge in [0.15, 0.2) is 0 Å². The minimum atomic E-state index is -1.15. The number of carboxylic acid groups (broad SMARTS) is 1. The van der Waals surface area contributed by atoms with Gasteiger partial charge >= 0.3 is 5.97 Å². The molecule has 4 atom stereocenters. The number of unbranched alkanes of at least 4 members (excludes halogenated alkanes) is 1. The molecule has 0 aliphatic rings. The van der Waals surface area contributed by atoms with Gasteiger partial charge in [-0.25, -0.2) is 9.78 Å². The molecule has 0 aromatic carbocycles. The fourth-order valence-corrected chi connectivity index (χ4v) is 3.11. The zero-order chi connectivity index (χ0) is 25.0. The number of carbonyl (C=O) groups excluding carboxylic acids is 3. The van der Waals surface area contributed by atoms with Gasteiger partial charge in [0.05, 0.1) is 12.4 Å². The summed E-state index contributed by atoms with van der Waals surface area (Å²) >= 11 is 0. The molecule has 186 valence electrons. The molecule has 33 heavy (non-hydrogen) atoms. The second kappa shape index (κ2) is 14.2. The summed E-state index contributed by atoms with van der Waals surface area (Å²) < 4.78 is 0. The predicted molar refractivity (Wildman–Crippen MR) is 122 cm³/mol. The Bertz CT molecular complexity index is 769. The number of imidazole rings is 1. The van der Waals surface area contributed by atoms with Gasteiger partial charge in [0.1, 0.15) is 18.1 Å². The van der Waals surface area contributed by atoms with Crippen LogP contribution in [0.1, 0.15) is 52.1 Å². The molecule has 9 N–H and O–H groups in total.